The maximum atomic E-state index is 9.17. The van der Waals surface area contributed by atoms with Crippen LogP contribution in [0, 0.1) is 5.41 Å². The number of anilines is 1. The molecule has 0 spiro atoms. The molecule has 0 aliphatic carbocycles. The van der Waals surface area contributed by atoms with E-state index in [-0.39, 0.29) is 12.0 Å². The second-order valence-corrected chi connectivity index (χ2v) is 4.96. The first kappa shape index (κ1) is 11.0. The Labute approximate surface area is 95.5 Å². The number of aromatic amines is 1. The Bertz CT molecular complexity index is 473. The zero-order valence-corrected chi connectivity index (χ0v) is 9.75. The molecule has 0 fully saturated rings. The Balaban J connectivity index is 2.09. The molecule has 0 amide bonds. The molecule has 3 nitrogen and oxygen atoms in total. The minimum Gasteiger partial charge on any atom is -0.396 e. The van der Waals surface area contributed by atoms with Crippen molar-refractivity contribution in [2.24, 2.45) is 5.41 Å². The van der Waals surface area contributed by atoms with Crippen LogP contribution in [0.4, 0.5) is 5.69 Å². The van der Waals surface area contributed by atoms with Crippen LogP contribution in [0.2, 0.25) is 0 Å². The number of hydrogen-bond donors (Lipinski definition) is 3. The van der Waals surface area contributed by atoms with Crippen molar-refractivity contribution in [3.05, 3.63) is 30.5 Å². The van der Waals surface area contributed by atoms with Crippen molar-refractivity contribution < 1.29 is 5.11 Å². The van der Waals surface area contributed by atoms with E-state index in [4.69, 9.17) is 5.11 Å². The molecule has 0 aliphatic heterocycles. The van der Waals surface area contributed by atoms with Crippen molar-refractivity contribution in [2.45, 2.75) is 13.8 Å². The quantitative estimate of drug-likeness (QED) is 0.738. The number of H-pyrrole nitrogens is 1. The van der Waals surface area contributed by atoms with Crippen LogP contribution in [0.1, 0.15) is 13.8 Å². The molecule has 0 saturated heterocycles. The number of aliphatic hydroxyl groups excluding tert-OH is 1. The number of nitrogens with one attached hydrogen (secondary N) is 2. The second-order valence-electron chi connectivity index (χ2n) is 4.96. The standard InChI is InChI=1S/C13H18N2O/c1-13(2,9-16)8-15-11-3-4-12-10(7-11)5-6-14-12/h3-7,14-16H,8-9H2,1-2H3. The lowest BCUT2D eigenvalue weighted by atomic mass is 9.95. The molecule has 0 aliphatic rings. The number of aliphatic hydroxyl groups is 1. The van der Waals surface area contributed by atoms with Crippen molar-refractivity contribution in [3.63, 3.8) is 0 Å². The van der Waals surface area contributed by atoms with Crippen LogP contribution in [0.15, 0.2) is 30.5 Å². The summed E-state index contributed by atoms with van der Waals surface area (Å²) in [5.74, 6) is 0. The van der Waals surface area contributed by atoms with E-state index >= 15 is 0 Å². The molecule has 2 aromatic rings. The highest BCUT2D eigenvalue weighted by Crippen LogP contribution is 2.20. The molecule has 1 aromatic heterocycles. The SMILES string of the molecule is CC(C)(CO)CNc1ccc2[nH]ccc2c1. The number of aromatic nitrogens is 1. The normalized spacial score (nSPS) is 11.9. The largest absolute Gasteiger partial charge is 0.396 e. The van der Waals surface area contributed by atoms with Crippen LogP contribution in [-0.4, -0.2) is 23.2 Å². The van der Waals surface area contributed by atoms with Gasteiger partial charge in [-0.05, 0) is 24.3 Å². The zero-order valence-electron chi connectivity index (χ0n) is 9.75. The summed E-state index contributed by atoms with van der Waals surface area (Å²) in [5, 5.41) is 13.7. The lowest BCUT2D eigenvalue weighted by Gasteiger charge is -2.22. The van der Waals surface area contributed by atoms with Gasteiger partial charge < -0.3 is 15.4 Å². The third-order valence-electron chi connectivity index (χ3n) is 2.75. The van der Waals surface area contributed by atoms with Gasteiger partial charge in [-0.2, -0.15) is 0 Å². The predicted molar refractivity (Wildman–Crippen MR) is 67.7 cm³/mol. The number of rotatable bonds is 4. The van der Waals surface area contributed by atoms with Crippen LogP contribution >= 0.6 is 0 Å². The highest BCUT2D eigenvalue weighted by molar-refractivity contribution is 5.82. The van der Waals surface area contributed by atoms with E-state index in [0.717, 1.165) is 17.7 Å². The number of hydrogen-bond acceptors (Lipinski definition) is 2. The average Bonchev–Trinajstić information content (AvgIpc) is 2.73. The fraction of sp³-hybridized carbons (Fsp3) is 0.385. The first-order valence-electron chi connectivity index (χ1n) is 5.53. The molecule has 16 heavy (non-hydrogen) atoms. The Morgan fingerprint density at radius 3 is 2.88 bits per heavy atom. The highest BCUT2D eigenvalue weighted by Gasteiger charge is 2.15. The lowest BCUT2D eigenvalue weighted by molar-refractivity contribution is 0.171. The Morgan fingerprint density at radius 2 is 2.12 bits per heavy atom. The first-order chi connectivity index (χ1) is 7.61. The molecular formula is C13H18N2O. The summed E-state index contributed by atoms with van der Waals surface area (Å²) >= 11 is 0. The summed E-state index contributed by atoms with van der Waals surface area (Å²) in [4.78, 5) is 3.16. The van der Waals surface area contributed by atoms with Crippen LogP contribution < -0.4 is 5.32 Å². The molecule has 0 unspecified atom stereocenters. The Hall–Kier alpha value is -1.48. The second kappa shape index (κ2) is 4.18. The van der Waals surface area contributed by atoms with Crippen molar-refractivity contribution in [3.8, 4) is 0 Å². The summed E-state index contributed by atoms with van der Waals surface area (Å²) < 4.78 is 0. The van der Waals surface area contributed by atoms with Crippen molar-refractivity contribution >= 4 is 16.6 Å². The van der Waals surface area contributed by atoms with E-state index < -0.39 is 0 Å². The van der Waals surface area contributed by atoms with E-state index in [1.165, 1.54) is 5.39 Å². The van der Waals surface area contributed by atoms with Gasteiger partial charge in [0.05, 0.1) is 0 Å². The van der Waals surface area contributed by atoms with Crippen molar-refractivity contribution in [1.82, 2.24) is 4.98 Å². The molecular weight excluding hydrogens is 200 g/mol. The molecule has 86 valence electrons. The fourth-order valence-corrected chi connectivity index (χ4v) is 1.56. The summed E-state index contributed by atoms with van der Waals surface area (Å²) in [6.45, 7) is 5.02. The monoisotopic (exact) mass is 218 g/mol. The lowest BCUT2D eigenvalue weighted by Crippen LogP contribution is -2.26. The van der Waals surface area contributed by atoms with Gasteiger partial charge in [0.2, 0.25) is 0 Å². The summed E-state index contributed by atoms with van der Waals surface area (Å²) in [6.07, 6.45) is 1.94. The third-order valence-corrected chi connectivity index (χ3v) is 2.75. The van der Waals surface area contributed by atoms with E-state index in [1.807, 2.05) is 26.1 Å². The van der Waals surface area contributed by atoms with Gasteiger partial charge in [0.1, 0.15) is 0 Å². The van der Waals surface area contributed by atoms with Crippen molar-refractivity contribution in [2.75, 3.05) is 18.5 Å². The smallest absolute Gasteiger partial charge is 0.0498 e. The van der Waals surface area contributed by atoms with Gasteiger partial charge >= 0.3 is 0 Å². The van der Waals surface area contributed by atoms with Crippen molar-refractivity contribution in [1.29, 1.82) is 0 Å². The van der Waals surface area contributed by atoms with Gasteiger partial charge in [0.15, 0.2) is 0 Å². The molecule has 0 bridgehead atoms. The Kier molecular flexibility index (Phi) is 2.88. The van der Waals surface area contributed by atoms with E-state index in [9.17, 15) is 0 Å². The molecule has 1 aromatic carbocycles. The van der Waals surface area contributed by atoms with Gasteiger partial charge in [-0.25, -0.2) is 0 Å². The maximum Gasteiger partial charge on any atom is 0.0498 e. The minimum atomic E-state index is -0.0902. The summed E-state index contributed by atoms with van der Waals surface area (Å²) in [6, 6.07) is 8.27. The van der Waals surface area contributed by atoms with E-state index in [1.54, 1.807) is 0 Å². The van der Waals surface area contributed by atoms with Crippen LogP contribution in [0.5, 0.6) is 0 Å². The molecule has 1 heterocycles. The average molecular weight is 218 g/mol. The Morgan fingerprint density at radius 1 is 1.31 bits per heavy atom. The molecule has 0 saturated carbocycles. The summed E-state index contributed by atoms with van der Waals surface area (Å²) in [7, 11) is 0. The number of fused-ring (bicyclic) bond motifs is 1. The highest BCUT2D eigenvalue weighted by atomic mass is 16.3. The van der Waals surface area contributed by atoms with Gasteiger partial charge in [-0.3, -0.25) is 0 Å². The molecule has 0 radical (unpaired) electrons. The minimum absolute atomic E-state index is 0.0902. The third kappa shape index (κ3) is 2.36. The first-order valence-corrected chi connectivity index (χ1v) is 5.53. The number of benzene rings is 1. The van der Waals surface area contributed by atoms with Gasteiger partial charge in [-0.1, -0.05) is 13.8 Å². The maximum absolute atomic E-state index is 9.17. The van der Waals surface area contributed by atoms with Crippen LogP contribution in [-0.2, 0) is 0 Å². The van der Waals surface area contributed by atoms with E-state index in [0.29, 0.717) is 0 Å². The predicted octanol–water partition coefficient (Wildman–Crippen LogP) is 2.60. The van der Waals surface area contributed by atoms with E-state index in [2.05, 4.69) is 28.5 Å². The van der Waals surface area contributed by atoms with Gasteiger partial charge in [-0.15, -0.1) is 0 Å². The molecule has 2 rings (SSSR count). The molecule has 3 N–H and O–H groups in total. The van der Waals surface area contributed by atoms with Crippen LogP contribution in [0.25, 0.3) is 10.9 Å². The van der Waals surface area contributed by atoms with Gasteiger partial charge in [0, 0.05) is 41.4 Å². The molecule has 3 heteroatoms. The fourth-order valence-electron chi connectivity index (χ4n) is 1.56. The van der Waals surface area contributed by atoms with Crippen LogP contribution in [0.3, 0.4) is 0 Å². The van der Waals surface area contributed by atoms with Gasteiger partial charge in [0.25, 0.3) is 0 Å². The summed E-state index contributed by atoms with van der Waals surface area (Å²) in [5.41, 5.74) is 2.15. The molecule has 0 atom stereocenters. The topological polar surface area (TPSA) is 48.0 Å². The zero-order chi connectivity index (χ0) is 11.6.